The maximum Gasteiger partial charge on any atom is 0.118 e. The maximum absolute atomic E-state index is 4.20. The van der Waals surface area contributed by atoms with Gasteiger partial charge in [0.25, 0.3) is 0 Å². The summed E-state index contributed by atoms with van der Waals surface area (Å²) in [6.07, 6.45) is 10.3. The van der Waals surface area contributed by atoms with E-state index in [1.165, 1.54) is 79.1 Å². The van der Waals surface area contributed by atoms with Gasteiger partial charge in [0, 0.05) is 28.6 Å². The third-order valence-electron chi connectivity index (χ3n) is 8.50. The van der Waals surface area contributed by atoms with Gasteiger partial charge in [-0.2, -0.15) is 0 Å². The van der Waals surface area contributed by atoms with Gasteiger partial charge in [0.1, 0.15) is 5.66 Å². The second kappa shape index (κ2) is 6.63. The molecule has 0 saturated heterocycles. The van der Waals surface area contributed by atoms with Crippen molar-refractivity contribution in [2.45, 2.75) is 62.9 Å². The van der Waals surface area contributed by atoms with Crippen LogP contribution in [0.25, 0.3) is 10.8 Å². The molecule has 1 saturated carbocycles. The van der Waals surface area contributed by atoms with Crippen molar-refractivity contribution in [3.05, 3.63) is 83.6 Å². The Labute approximate surface area is 185 Å². The molecule has 0 aromatic heterocycles. The Morgan fingerprint density at radius 1 is 0.806 bits per heavy atom. The predicted octanol–water partition coefficient (Wildman–Crippen LogP) is 7.58. The summed E-state index contributed by atoms with van der Waals surface area (Å²) in [6, 6.07) is 25.2. The smallest absolute Gasteiger partial charge is 0.118 e. The first-order chi connectivity index (χ1) is 15.4. The minimum atomic E-state index is -0.00241. The zero-order chi connectivity index (χ0) is 20.4. The average Bonchev–Trinajstić information content (AvgIpc) is 2.83. The fraction of sp³-hybridized carbons (Fsp3) is 0.379. The second-order valence-electron chi connectivity index (χ2n) is 9.99. The lowest BCUT2D eigenvalue weighted by Gasteiger charge is -2.62. The fourth-order valence-electron chi connectivity index (χ4n) is 7.40. The zero-order valence-corrected chi connectivity index (χ0v) is 18.1. The molecule has 1 spiro atoms. The average molecular weight is 407 g/mol. The third kappa shape index (κ3) is 2.39. The number of hydrogen-bond donors (Lipinski definition) is 1. The molecule has 3 unspecified atom stereocenters. The molecule has 3 aromatic carbocycles. The van der Waals surface area contributed by atoms with Gasteiger partial charge in [-0.05, 0) is 73.6 Å². The highest BCUT2D eigenvalue weighted by Gasteiger charge is 2.56. The van der Waals surface area contributed by atoms with Crippen molar-refractivity contribution in [3.63, 3.8) is 0 Å². The Morgan fingerprint density at radius 3 is 2.55 bits per heavy atom. The van der Waals surface area contributed by atoms with E-state index in [1.54, 1.807) is 11.3 Å². The van der Waals surface area contributed by atoms with Crippen LogP contribution in [-0.2, 0) is 0 Å². The summed E-state index contributed by atoms with van der Waals surface area (Å²) >= 11 is 0. The van der Waals surface area contributed by atoms with Crippen LogP contribution in [0.15, 0.2) is 78.0 Å². The Hall–Kier alpha value is -2.74. The van der Waals surface area contributed by atoms with Crippen molar-refractivity contribution in [2.24, 2.45) is 5.92 Å². The Morgan fingerprint density at radius 2 is 1.65 bits per heavy atom. The molecule has 0 radical (unpaired) electrons. The predicted molar refractivity (Wildman–Crippen MR) is 129 cm³/mol. The van der Waals surface area contributed by atoms with Crippen molar-refractivity contribution in [2.75, 3.05) is 10.2 Å². The Bertz CT molecular complexity index is 1190. The minimum absolute atomic E-state index is 0.00241. The Kier molecular flexibility index (Phi) is 3.82. The van der Waals surface area contributed by atoms with Crippen molar-refractivity contribution in [3.8, 4) is 0 Å². The normalized spacial score (nSPS) is 29.1. The molecule has 2 heterocycles. The highest BCUT2D eigenvalue weighted by Crippen LogP contribution is 2.60. The van der Waals surface area contributed by atoms with Crippen molar-refractivity contribution in [1.29, 1.82) is 0 Å². The summed E-state index contributed by atoms with van der Waals surface area (Å²) in [5.41, 5.74) is 7.67. The van der Waals surface area contributed by atoms with Crippen LogP contribution in [0.3, 0.4) is 0 Å². The molecule has 2 nitrogen and oxygen atoms in total. The molecule has 4 aliphatic rings. The number of rotatable bonds is 1. The topological polar surface area (TPSA) is 15.3 Å². The number of fused-ring (bicyclic) bond motifs is 2. The molecule has 1 N–H and O–H groups in total. The van der Waals surface area contributed by atoms with E-state index in [0.29, 0.717) is 11.8 Å². The summed E-state index contributed by atoms with van der Waals surface area (Å²) in [5, 5.41) is 6.97. The van der Waals surface area contributed by atoms with Gasteiger partial charge in [-0.3, -0.25) is 0 Å². The van der Waals surface area contributed by atoms with Gasteiger partial charge in [-0.1, -0.05) is 61.0 Å². The van der Waals surface area contributed by atoms with Crippen LogP contribution >= 0.6 is 0 Å². The number of anilines is 2. The van der Waals surface area contributed by atoms with E-state index in [0.717, 1.165) is 0 Å². The number of benzene rings is 3. The standard InChI is InChI=1S/C29H30N2/c1-2-10-20(11-3-1)27-22-14-4-5-17-25(22)31-26-18-9-13-21-12-8-16-24(28(21)26)30-29(31)19-7-6-15-23(27)29/h1-3,8-13,16,18,23,27,30H,4-7,14-15,17,19H2. The molecular formula is C29H30N2. The monoisotopic (exact) mass is 406 g/mol. The molecule has 2 aliphatic heterocycles. The molecule has 1 fully saturated rings. The van der Waals surface area contributed by atoms with E-state index in [-0.39, 0.29) is 5.66 Å². The minimum Gasteiger partial charge on any atom is -0.362 e. The summed E-state index contributed by atoms with van der Waals surface area (Å²) in [7, 11) is 0. The van der Waals surface area contributed by atoms with E-state index in [1.807, 2.05) is 0 Å². The molecule has 7 rings (SSSR count). The van der Waals surface area contributed by atoms with Gasteiger partial charge >= 0.3 is 0 Å². The van der Waals surface area contributed by atoms with Crippen LogP contribution in [0.2, 0.25) is 0 Å². The van der Waals surface area contributed by atoms with Gasteiger partial charge in [-0.15, -0.1) is 0 Å². The van der Waals surface area contributed by atoms with Crippen molar-refractivity contribution < 1.29 is 0 Å². The number of nitrogens with zero attached hydrogens (tertiary/aromatic N) is 1. The summed E-state index contributed by atoms with van der Waals surface area (Å²) < 4.78 is 0. The summed E-state index contributed by atoms with van der Waals surface area (Å²) in [4.78, 5) is 2.82. The molecule has 3 atom stereocenters. The Balaban J connectivity index is 1.54. The lowest BCUT2D eigenvalue weighted by Crippen LogP contribution is -2.66. The van der Waals surface area contributed by atoms with Crippen molar-refractivity contribution in [1.82, 2.24) is 0 Å². The van der Waals surface area contributed by atoms with Crippen LogP contribution in [-0.4, -0.2) is 5.66 Å². The number of nitrogens with one attached hydrogen (secondary N) is 1. The van der Waals surface area contributed by atoms with E-state index in [2.05, 4.69) is 76.9 Å². The molecule has 3 aromatic rings. The second-order valence-corrected chi connectivity index (χ2v) is 9.99. The first-order valence-electron chi connectivity index (χ1n) is 12.2. The van der Waals surface area contributed by atoms with E-state index in [4.69, 9.17) is 0 Å². The van der Waals surface area contributed by atoms with Gasteiger partial charge in [0.15, 0.2) is 0 Å². The van der Waals surface area contributed by atoms with Gasteiger partial charge in [0.05, 0.1) is 5.69 Å². The van der Waals surface area contributed by atoms with E-state index >= 15 is 0 Å². The molecule has 31 heavy (non-hydrogen) atoms. The molecule has 0 amide bonds. The highest BCUT2D eigenvalue weighted by atomic mass is 15.4. The largest absolute Gasteiger partial charge is 0.362 e. The van der Waals surface area contributed by atoms with Crippen LogP contribution in [0, 0.1) is 5.92 Å². The molecule has 0 bridgehead atoms. The molecular weight excluding hydrogens is 376 g/mol. The first-order valence-corrected chi connectivity index (χ1v) is 12.2. The quantitative estimate of drug-likeness (QED) is 0.448. The van der Waals surface area contributed by atoms with Gasteiger partial charge < -0.3 is 10.2 Å². The van der Waals surface area contributed by atoms with Crippen LogP contribution in [0.4, 0.5) is 11.4 Å². The molecule has 156 valence electrons. The number of allylic oxidation sites excluding steroid dienone is 2. The van der Waals surface area contributed by atoms with Crippen LogP contribution in [0.1, 0.15) is 62.8 Å². The summed E-state index contributed by atoms with van der Waals surface area (Å²) in [6.45, 7) is 0. The van der Waals surface area contributed by atoms with Gasteiger partial charge in [-0.25, -0.2) is 0 Å². The van der Waals surface area contributed by atoms with E-state index in [9.17, 15) is 0 Å². The summed E-state index contributed by atoms with van der Waals surface area (Å²) in [5.74, 6) is 1.15. The molecule has 2 aliphatic carbocycles. The number of hydrogen-bond acceptors (Lipinski definition) is 2. The van der Waals surface area contributed by atoms with Crippen molar-refractivity contribution >= 4 is 22.1 Å². The lowest BCUT2D eigenvalue weighted by atomic mass is 9.61. The lowest BCUT2D eigenvalue weighted by molar-refractivity contribution is 0.169. The van der Waals surface area contributed by atoms with Gasteiger partial charge in [0.2, 0.25) is 0 Å². The van der Waals surface area contributed by atoms with Crippen LogP contribution in [0.5, 0.6) is 0 Å². The van der Waals surface area contributed by atoms with E-state index < -0.39 is 0 Å². The maximum atomic E-state index is 4.20. The zero-order valence-electron chi connectivity index (χ0n) is 18.1. The van der Waals surface area contributed by atoms with Crippen LogP contribution < -0.4 is 10.2 Å². The molecule has 2 heteroatoms. The third-order valence-corrected chi connectivity index (χ3v) is 8.50. The highest BCUT2D eigenvalue weighted by molar-refractivity contribution is 6.06. The fourth-order valence-corrected chi connectivity index (χ4v) is 7.40. The first kappa shape index (κ1) is 17.9. The SMILES string of the molecule is c1ccc(C2C3=C(CCCC3)N3c4cccc5cccc(c45)NC34CCCCC24)cc1.